The number of hydrogen-bond acceptors (Lipinski definition) is 7. The average molecular weight is 307 g/mol. The van der Waals surface area contributed by atoms with Crippen molar-refractivity contribution < 1.29 is 28.7 Å². The molecule has 0 aromatic carbocycles. The molecule has 112 valence electrons. The normalized spacial score (nSPS) is 26.9. The van der Waals surface area contributed by atoms with Gasteiger partial charge >= 0.3 is 13.5 Å². The smallest absolute Gasteiger partial charge is 0.390 e. The lowest BCUT2D eigenvalue weighted by Gasteiger charge is -2.16. The number of phosphoric ester groups is 1. The van der Waals surface area contributed by atoms with Crippen molar-refractivity contribution >= 4 is 13.6 Å². The Hall–Kier alpha value is -1.29. The number of nitrogen functional groups attached to an aromatic ring is 1. The van der Waals surface area contributed by atoms with Gasteiger partial charge in [-0.15, -0.1) is 0 Å². The summed E-state index contributed by atoms with van der Waals surface area (Å²) in [6.07, 6.45) is -1.32. The van der Waals surface area contributed by atoms with E-state index in [1.807, 2.05) is 0 Å². The maximum Gasteiger partial charge on any atom is 0.469 e. The van der Waals surface area contributed by atoms with Crippen molar-refractivity contribution in [3.05, 3.63) is 22.7 Å². The number of aliphatic hydroxyl groups is 1. The Morgan fingerprint density at radius 3 is 2.90 bits per heavy atom. The van der Waals surface area contributed by atoms with Crippen molar-refractivity contribution in [1.29, 1.82) is 0 Å². The molecule has 5 N–H and O–H groups in total. The first kappa shape index (κ1) is 15.1. The van der Waals surface area contributed by atoms with E-state index in [0.29, 0.717) is 0 Å². The summed E-state index contributed by atoms with van der Waals surface area (Å²) in [5.74, 6) is 0.0613. The molecule has 0 aliphatic carbocycles. The highest BCUT2D eigenvalue weighted by Gasteiger charge is 2.36. The van der Waals surface area contributed by atoms with E-state index < -0.39 is 38.6 Å². The molecular formula is C9H14N3O7P. The van der Waals surface area contributed by atoms with Crippen LogP contribution >= 0.6 is 7.82 Å². The zero-order valence-electron chi connectivity index (χ0n) is 10.2. The average Bonchev–Trinajstić information content (AvgIpc) is 2.67. The molecule has 0 unspecified atom stereocenters. The van der Waals surface area contributed by atoms with Crippen molar-refractivity contribution in [2.24, 2.45) is 0 Å². The monoisotopic (exact) mass is 307 g/mol. The molecule has 1 aromatic rings. The highest BCUT2D eigenvalue weighted by Crippen LogP contribution is 2.38. The lowest BCUT2D eigenvalue weighted by Crippen LogP contribution is -2.28. The van der Waals surface area contributed by atoms with Gasteiger partial charge in [0.15, 0.2) is 0 Å². The molecule has 2 heterocycles. The highest BCUT2D eigenvalue weighted by molar-refractivity contribution is 7.46. The fourth-order valence-corrected chi connectivity index (χ4v) is 2.19. The van der Waals surface area contributed by atoms with Gasteiger partial charge in [-0.3, -0.25) is 9.09 Å². The first-order valence-electron chi connectivity index (χ1n) is 5.64. The summed E-state index contributed by atoms with van der Waals surface area (Å²) in [7, 11) is -4.64. The van der Waals surface area contributed by atoms with Crippen molar-refractivity contribution in [2.45, 2.75) is 24.9 Å². The highest BCUT2D eigenvalue weighted by atomic mass is 31.2. The van der Waals surface area contributed by atoms with Crippen LogP contribution < -0.4 is 11.4 Å². The number of hydrogen-bond donors (Lipinski definition) is 4. The predicted molar refractivity (Wildman–Crippen MR) is 65.4 cm³/mol. The Kier molecular flexibility index (Phi) is 4.23. The summed E-state index contributed by atoms with van der Waals surface area (Å²) in [6.45, 7) is -0.487. The molecule has 1 saturated heterocycles. The summed E-state index contributed by atoms with van der Waals surface area (Å²) in [6, 6.07) is 1.40. The standard InChI is InChI=1S/C9H14N3O7P/c10-7-1-2-12(9(14)11-7)8-3-5(13)6(19-8)4-18-20(15,16)17/h1-2,5-6,8,13H,3-4H2,(H2,10,11,14)(H2,15,16,17)/t5-,6+,8-/m0/s1. The molecule has 0 spiro atoms. The van der Waals surface area contributed by atoms with Crippen LogP contribution in [-0.4, -0.2) is 43.3 Å². The molecule has 0 radical (unpaired) electrons. The van der Waals surface area contributed by atoms with Crippen LogP contribution in [0.25, 0.3) is 0 Å². The summed E-state index contributed by atoms with van der Waals surface area (Å²) >= 11 is 0. The lowest BCUT2D eigenvalue weighted by molar-refractivity contribution is -0.0450. The predicted octanol–water partition coefficient (Wildman–Crippen LogP) is -1.42. The minimum absolute atomic E-state index is 0.0613. The molecule has 2 rings (SSSR count). The summed E-state index contributed by atoms with van der Waals surface area (Å²) < 4.78 is 21.3. The van der Waals surface area contributed by atoms with Gasteiger partial charge in [-0.2, -0.15) is 4.98 Å². The van der Waals surface area contributed by atoms with E-state index in [9.17, 15) is 14.5 Å². The first-order valence-corrected chi connectivity index (χ1v) is 7.17. The van der Waals surface area contributed by atoms with Gasteiger partial charge in [0.25, 0.3) is 0 Å². The Labute approximate surface area is 113 Å². The number of nitrogens with zero attached hydrogens (tertiary/aromatic N) is 2. The van der Waals surface area contributed by atoms with Gasteiger partial charge in [-0.05, 0) is 6.07 Å². The van der Waals surface area contributed by atoms with Crippen LogP contribution in [0.3, 0.4) is 0 Å². The van der Waals surface area contributed by atoms with Gasteiger partial charge < -0.3 is 25.4 Å². The quantitative estimate of drug-likeness (QED) is 0.490. The first-order chi connectivity index (χ1) is 9.26. The third kappa shape index (κ3) is 3.63. The maximum atomic E-state index is 11.6. The van der Waals surface area contributed by atoms with E-state index in [4.69, 9.17) is 20.3 Å². The molecule has 11 heteroatoms. The van der Waals surface area contributed by atoms with E-state index in [1.54, 1.807) is 0 Å². The van der Waals surface area contributed by atoms with E-state index in [2.05, 4.69) is 9.51 Å². The zero-order valence-corrected chi connectivity index (χ0v) is 11.1. The number of anilines is 1. The van der Waals surface area contributed by atoms with Crippen LogP contribution in [0.5, 0.6) is 0 Å². The van der Waals surface area contributed by atoms with Crippen LogP contribution in [0.1, 0.15) is 12.6 Å². The number of phosphoric acid groups is 1. The molecular weight excluding hydrogens is 293 g/mol. The third-order valence-corrected chi connectivity index (χ3v) is 3.26. The summed E-state index contributed by atoms with van der Waals surface area (Å²) in [5.41, 5.74) is 4.72. The molecule has 0 amide bonds. The van der Waals surface area contributed by atoms with Crippen molar-refractivity contribution in [3.63, 3.8) is 0 Å². The molecule has 1 aliphatic rings. The van der Waals surface area contributed by atoms with E-state index in [0.717, 1.165) is 4.57 Å². The van der Waals surface area contributed by atoms with E-state index in [1.165, 1.54) is 12.3 Å². The van der Waals surface area contributed by atoms with Gasteiger partial charge in [0.1, 0.15) is 18.1 Å². The van der Waals surface area contributed by atoms with Crippen molar-refractivity contribution in [1.82, 2.24) is 9.55 Å². The number of aromatic nitrogens is 2. The minimum atomic E-state index is -4.64. The lowest BCUT2D eigenvalue weighted by atomic mass is 10.2. The fraction of sp³-hybridized carbons (Fsp3) is 0.556. The van der Waals surface area contributed by atoms with Crippen LogP contribution in [0.2, 0.25) is 0 Å². The number of rotatable bonds is 4. The topological polar surface area (TPSA) is 157 Å². The second-order valence-electron chi connectivity index (χ2n) is 4.26. The minimum Gasteiger partial charge on any atom is -0.390 e. The molecule has 20 heavy (non-hydrogen) atoms. The third-order valence-electron chi connectivity index (χ3n) is 2.77. The van der Waals surface area contributed by atoms with Crippen LogP contribution in [0.4, 0.5) is 5.82 Å². The van der Waals surface area contributed by atoms with Crippen LogP contribution in [0, 0.1) is 0 Å². The maximum absolute atomic E-state index is 11.6. The zero-order chi connectivity index (χ0) is 14.9. The van der Waals surface area contributed by atoms with Gasteiger partial charge in [0.05, 0.1) is 12.7 Å². The molecule has 1 aliphatic heterocycles. The number of ether oxygens (including phenoxy) is 1. The Balaban J connectivity index is 2.06. The van der Waals surface area contributed by atoms with Gasteiger partial charge in [-0.25, -0.2) is 9.36 Å². The second kappa shape index (κ2) is 5.60. The van der Waals surface area contributed by atoms with E-state index >= 15 is 0 Å². The number of aliphatic hydroxyl groups excluding tert-OH is 1. The van der Waals surface area contributed by atoms with Crippen LogP contribution in [0.15, 0.2) is 17.1 Å². The Morgan fingerprint density at radius 1 is 1.60 bits per heavy atom. The van der Waals surface area contributed by atoms with Crippen molar-refractivity contribution in [3.8, 4) is 0 Å². The fourth-order valence-electron chi connectivity index (χ4n) is 1.85. The number of nitrogens with two attached hydrogens (primary N) is 1. The Morgan fingerprint density at radius 2 is 2.30 bits per heavy atom. The van der Waals surface area contributed by atoms with Crippen molar-refractivity contribution in [2.75, 3.05) is 12.3 Å². The summed E-state index contributed by atoms with van der Waals surface area (Å²) in [4.78, 5) is 32.3. The van der Waals surface area contributed by atoms with Gasteiger partial charge in [0.2, 0.25) is 0 Å². The molecule has 10 nitrogen and oxygen atoms in total. The molecule has 1 aromatic heterocycles. The molecule has 3 atom stereocenters. The SMILES string of the molecule is Nc1ccn([C@@H]2C[C@H](O)[C@@H](COP(=O)(O)O)O2)c(=O)n1. The van der Waals surface area contributed by atoms with Gasteiger partial charge in [0, 0.05) is 12.6 Å². The van der Waals surface area contributed by atoms with Crippen LogP contribution in [-0.2, 0) is 13.8 Å². The summed E-state index contributed by atoms with van der Waals surface area (Å²) in [5, 5.41) is 9.74. The molecule has 0 bridgehead atoms. The second-order valence-corrected chi connectivity index (χ2v) is 5.50. The molecule has 0 saturated carbocycles. The molecule has 1 fully saturated rings. The Bertz CT molecular complexity index is 585. The van der Waals surface area contributed by atoms with E-state index in [-0.39, 0.29) is 12.2 Å². The largest absolute Gasteiger partial charge is 0.469 e. The van der Waals surface area contributed by atoms with Gasteiger partial charge in [-0.1, -0.05) is 0 Å².